The van der Waals surface area contributed by atoms with Crippen LogP contribution < -0.4 is 19.8 Å². The summed E-state index contributed by atoms with van der Waals surface area (Å²) in [6.45, 7) is 5.60. The molecule has 0 atom stereocenters. The third kappa shape index (κ3) is 5.35. The minimum absolute atomic E-state index is 0.0157. The number of methoxy groups -OCH3 is 1. The summed E-state index contributed by atoms with van der Waals surface area (Å²) in [7, 11) is 1.52. The van der Waals surface area contributed by atoms with Gasteiger partial charge in [-0.15, -0.1) is 0 Å². The van der Waals surface area contributed by atoms with E-state index in [0.717, 1.165) is 5.56 Å². The van der Waals surface area contributed by atoms with Gasteiger partial charge >= 0.3 is 0 Å². The molecule has 0 unspecified atom stereocenters. The highest BCUT2D eigenvalue weighted by atomic mass is 35.5. The molecule has 2 aromatic rings. The molecular weight excluding hydrogens is 375 g/mol. The Morgan fingerprint density at radius 3 is 2.56 bits per heavy atom. The fourth-order valence-corrected chi connectivity index (χ4v) is 2.50. The van der Waals surface area contributed by atoms with Crippen molar-refractivity contribution < 1.29 is 18.6 Å². The Kier molecular flexibility index (Phi) is 7.07. The van der Waals surface area contributed by atoms with Gasteiger partial charge in [-0.3, -0.25) is 9.18 Å². The first kappa shape index (κ1) is 21.0. The monoisotopic (exact) mass is 398 g/mol. The fraction of sp³-hybridized carbons (Fsp3) is 0.474. The summed E-state index contributed by atoms with van der Waals surface area (Å²) >= 11 is 6.15. The lowest BCUT2D eigenvalue weighted by atomic mass is 10.1. The van der Waals surface area contributed by atoms with Gasteiger partial charge in [-0.25, -0.2) is 4.68 Å². The number of rotatable bonds is 8. The number of nitrogens with zero attached hydrogens (tertiary/aromatic N) is 2. The molecule has 0 bridgehead atoms. The SMILES string of the molecule is COc1cc(COc2cnn(C(C)(C)C)c(=O)c2Cl)ccc1OCCCF. The van der Waals surface area contributed by atoms with Crippen molar-refractivity contribution >= 4 is 11.6 Å². The molecule has 0 fully saturated rings. The van der Waals surface area contributed by atoms with E-state index in [1.165, 1.54) is 18.0 Å². The molecule has 0 spiro atoms. The first-order chi connectivity index (χ1) is 12.8. The molecule has 1 aromatic heterocycles. The summed E-state index contributed by atoms with van der Waals surface area (Å²) in [5, 5.41) is 4.12. The molecule has 1 aromatic carbocycles. The zero-order valence-corrected chi connectivity index (χ0v) is 16.7. The molecule has 1 heterocycles. The van der Waals surface area contributed by atoms with Crippen LogP contribution in [0.2, 0.25) is 5.02 Å². The third-order valence-corrected chi connectivity index (χ3v) is 4.03. The van der Waals surface area contributed by atoms with Crippen molar-refractivity contribution in [1.29, 1.82) is 0 Å². The second-order valence-corrected chi connectivity index (χ2v) is 7.25. The van der Waals surface area contributed by atoms with Gasteiger partial charge in [-0.2, -0.15) is 5.10 Å². The largest absolute Gasteiger partial charge is 0.493 e. The molecule has 0 aliphatic rings. The topological polar surface area (TPSA) is 62.6 Å². The van der Waals surface area contributed by atoms with Gasteiger partial charge in [0.15, 0.2) is 22.3 Å². The summed E-state index contributed by atoms with van der Waals surface area (Å²) in [5.41, 5.74) is -0.0958. The van der Waals surface area contributed by atoms with E-state index in [9.17, 15) is 9.18 Å². The number of hydrogen-bond donors (Lipinski definition) is 0. The van der Waals surface area contributed by atoms with Gasteiger partial charge in [0.1, 0.15) is 6.61 Å². The van der Waals surface area contributed by atoms with Crippen molar-refractivity contribution in [3.63, 3.8) is 0 Å². The highest BCUT2D eigenvalue weighted by Gasteiger charge is 2.20. The average molecular weight is 399 g/mol. The molecule has 148 valence electrons. The van der Waals surface area contributed by atoms with E-state index in [-0.39, 0.29) is 24.0 Å². The maximum atomic E-state index is 12.3. The highest BCUT2D eigenvalue weighted by molar-refractivity contribution is 6.31. The number of aromatic nitrogens is 2. The van der Waals surface area contributed by atoms with E-state index < -0.39 is 17.8 Å². The Balaban J connectivity index is 2.12. The molecular formula is C19H24ClFN2O4. The smallest absolute Gasteiger partial charge is 0.289 e. The van der Waals surface area contributed by atoms with Gasteiger partial charge in [0, 0.05) is 6.42 Å². The molecule has 0 saturated heterocycles. The van der Waals surface area contributed by atoms with E-state index in [2.05, 4.69) is 5.10 Å². The molecule has 8 heteroatoms. The lowest BCUT2D eigenvalue weighted by Gasteiger charge is -2.21. The highest BCUT2D eigenvalue weighted by Crippen LogP contribution is 2.29. The summed E-state index contributed by atoms with van der Waals surface area (Å²) in [4.78, 5) is 12.3. The molecule has 27 heavy (non-hydrogen) atoms. The Bertz CT molecular complexity index is 833. The Hall–Kier alpha value is -2.28. The zero-order chi connectivity index (χ0) is 20.0. The van der Waals surface area contributed by atoms with Crippen molar-refractivity contribution in [2.75, 3.05) is 20.4 Å². The van der Waals surface area contributed by atoms with Crippen molar-refractivity contribution in [1.82, 2.24) is 9.78 Å². The van der Waals surface area contributed by atoms with Crippen LogP contribution in [0.1, 0.15) is 32.8 Å². The predicted molar refractivity (Wildman–Crippen MR) is 102 cm³/mol. The van der Waals surface area contributed by atoms with Crippen molar-refractivity contribution in [3.8, 4) is 17.2 Å². The standard InChI is InChI=1S/C19H24ClFN2O4/c1-19(2,3)23-18(24)17(20)16(11-22-23)27-12-13-6-7-14(15(10-13)25-4)26-9-5-8-21/h6-7,10-11H,5,8-9,12H2,1-4H3. The first-order valence-electron chi connectivity index (χ1n) is 8.54. The van der Waals surface area contributed by atoms with Gasteiger partial charge in [-0.1, -0.05) is 17.7 Å². The van der Waals surface area contributed by atoms with Crippen LogP contribution in [0.25, 0.3) is 0 Å². The summed E-state index contributed by atoms with van der Waals surface area (Å²) < 4.78 is 29.9. The molecule has 0 aliphatic carbocycles. The average Bonchev–Trinajstić information content (AvgIpc) is 2.62. The number of halogens is 2. The van der Waals surface area contributed by atoms with E-state index >= 15 is 0 Å². The quantitative estimate of drug-likeness (QED) is 0.629. The summed E-state index contributed by atoms with van der Waals surface area (Å²) in [5.74, 6) is 1.26. The zero-order valence-electron chi connectivity index (χ0n) is 15.9. The van der Waals surface area contributed by atoms with E-state index in [1.807, 2.05) is 20.8 Å². The maximum absolute atomic E-state index is 12.3. The van der Waals surface area contributed by atoms with Gasteiger partial charge < -0.3 is 14.2 Å². The normalized spacial score (nSPS) is 11.3. The van der Waals surface area contributed by atoms with Crippen molar-refractivity contribution in [2.24, 2.45) is 0 Å². The van der Waals surface area contributed by atoms with Gasteiger partial charge in [-0.05, 0) is 38.5 Å². The van der Waals surface area contributed by atoms with Gasteiger partial charge in [0.2, 0.25) is 0 Å². The number of hydrogen-bond acceptors (Lipinski definition) is 5. The fourth-order valence-electron chi connectivity index (χ4n) is 2.31. The number of benzene rings is 1. The molecule has 0 amide bonds. The Morgan fingerprint density at radius 1 is 1.19 bits per heavy atom. The third-order valence-electron chi connectivity index (χ3n) is 3.68. The minimum Gasteiger partial charge on any atom is -0.493 e. The molecule has 0 saturated carbocycles. The Morgan fingerprint density at radius 2 is 1.93 bits per heavy atom. The summed E-state index contributed by atoms with van der Waals surface area (Å²) in [6, 6.07) is 5.28. The van der Waals surface area contributed by atoms with Crippen LogP contribution in [0.15, 0.2) is 29.2 Å². The van der Waals surface area contributed by atoms with Gasteiger partial charge in [0.25, 0.3) is 5.56 Å². The van der Waals surface area contributed by atoms with Crippen LogP contribution in [-0.4, -0.2) is 30.2 Å². The Labute approximate surface area is 162 Å². The summed E-state index contributed by atoms with van der Waals surface area (Å²) in [6.07, 6.45) is 1.75. The van der Waals surface area contributed by atoms with Crippen LogP contribution in [0.3, 0.4) is 0 Å². The maximum Gasteiger partial charge on any atom is 0.289 e. The molecule has 0 N–H and O–H groups in total. The van der Waals surface area contributed by atoms with E-state index in [4.69, 9.17) is 25.8 Å². The van der Waals surface area contributed by atoms with Crippen LogP contribution in [0.4, 0.5) is 4.39 Å². The van der Waals surface area contributed by atoms with Crippen molar-refractivity contribution in [2.45, 2.75) is 39.3 Å². The minimum atomic E-state index is -0.482. The van der Waals surface area contributed by atoms with Crippen LogP contribution in [0.5, 0.6) is 17.2 Å². The van der Waals surface area contributed by atoms with Crippen LogP contribution >= 0.6 is 11.6 Å². The van der Waals surface area contributed by atoms with Crippen LogP contribution in [-0.2, 0) is 12.1 Å². The van der Waals surface area contributed by atoms with Crippen LogP contribution in [0, 0.1) is 0 Å². The number of alkyl halides is 1. The molecule has 0 radical (unpaired) electrons. The van der Waals surface area contributed by atoms with Crippen molar-refractivity contribution in [3.05, 3.63) is 45.3 Å². The van der Waals surface area contributed by atoms with E-state index in [1.54, 1.807) is 18.2 Å². The van der Waals surface area contributed by atoms with Gasteiger partial charge in [0.05, 0.1) is 32.1 Å². The molecule has 6 nitrogen and oxygen atoms in total. The lowest BCUT2D eigenvalue weighted by Crippen LogP contribution is -2.36. The molecule has 0 aliphatic heterocycles. The second kappa shape index (κ2) is 9.08. The predicted octanol–water partition coefficient (Wildman–Crippen LogP) is 3.98. The number of ether oxygens (including phenoxy) is 3. The molecule has 2 rings (SSSR count). The lowest BCUT2D eigenvalue weighted by molar-refractivity contribution is 0.271. The van der Waals surface area contributed by atoms with E-state index in [0.29, 0.717) is 17.9 Å². The first-order valence-corrected chi connectivity index (χ1v) is 8.92. The second-order valence-electron chi connectivity index (χ2n) is 6.88.